The minimum atomic E-state index is 0.809. The zero-order valence-corrected chi connectivity index (χ0v) is 18.1. The largest absolute Gasteiger partial charge is 0.0902 e. The van der Waals surface area contributed by atoms with E-state index >= 15 is 0 Å². The summed E-state index contributed by atoms with van der Waals surface area (Å²) >= 11 is 1.80. The van der Waals surface area contributed by atoms with E-state index in [1.807, 2.05) is 0 Å². The maximum atomic E-state index is 4.32. The van der Waals surface area contributed by atoms with E-state index in [0.29, 0.717) is 0 Å². The first-order chi connectivity index (χ1) is 11.7. The van der Waals surface area contributed by atoms with Gasteiger partial charge in [-0.15, -0.1) is 0 Å². The van der Waals surface area contributed by atoms with Gasteiger partial charge in [-0.2, -0.15) is 0 Å². The molecule has 0 aliphatic rings. The zero-order chi connectivity index (χ0) is 19.0. The molecule has 0 saturated carbocycles. The summed E-state index contributed by atoms with van der Waals surface area (Å²) in [5, 5.41) is 0. The molecule has 0 nitrogen and oxygen atoms in total. The standard InChI is InChI=1S/C24H36S/c1-9-23(13-11-10-12-17(2)3)15-20(6)22(8)25-24-16-19(5)18(4)14-21(24)7/h9,14-17H,8,10-13H2,1-7H3/b20-15+,23-9-. The molecule has 0 fully saturated rings. The number of hydrogen-bond donors (Lipinski definition) is 0. The van der Waals surface area contributed by atoms with Gasteiger partial charge >= 0.3 is 0 Å². The molecule has 0 heterocycles. The molecule has 0 atom stereocenters. The van der Waals surface area contributed by atoms with Crippen molar-refractivity contribution in [2.45, 2.75) is 79.0 Å². The van der Waals surface area contributed by atoms with Gasteiger partial charge in [0.25, 0.3) is 0 Å². The van der Waals surface area contributed by atoms with E-state index in [1.165, 1.54) is 58.4 Å². The third kappa shape index (κ3) is 7.69. The van der Waals surface area contributed by atoms with Crippen molar-refractivity contribution in [3.63, 3.8) is 0 Å². The third-order valence-corrected chi connectivity index (χ3v) is 5.96. The molecule has 0 N–H and O–H groups in total. The van der Waals surface area contributed by atoms with Gasteiger partial charge in [0.15, 0.2) is 0 Å². The average Bonchev–Trinajstić information content (AvgIpc) is 2.54. The molecule has 0 amide bonds. The zero-order valence-electron chi connectivity index (χ0n) is 17.3. The number of benzene rings is 1. The minimum absolute atomic E-state index is 0.809. The molecule has 25 heavy (non-hydrogen) atoms. The van der Waals surface area contributed by atoms with Crippen LogP contribution >= 0.6 is 11.8 Å². The van der Waals surface area contributed by atoms with E-state index in [-0.39, 0.29) is 0 Å². The number of unbranched alkanes of at least 4 members (excludes halogenated alkanes) is 1. The topological polar surface area (TPSA) is 0 Å². The molecule has 138 valence electrons. The molecule has 1 rings (SSSR count). The fourth-order valence-electron chi connectivity index (χ4n) is 2.80. The number of thioether (sulfide) groups is 1. The van der Waals surface area contributed by atoms with Crippen molar-refractivity contribution in [2.24, 2.45) is 5.92 Å². The Kier molecular flexibility index (Phi) is 9.35. The van der Waals surface area contributed by atoms with Crippen LogP contribution in [0.5, 0.6) is 0 Å². The summed E-state index contributed by atoms with van der Waals surface area (Å²) in [7, 11) is 0. The van der Waals surface area contributed by atoms with Gasteiger partial charge in [0.05, 0.1) is 0 Å². The maximum Gasteiger partial charge on any atom is 0.0154 e. The second-order valence-corrected chi connectivity index (χ2v) is 8.69. The highest BCUT2D eigenvalue weighted by Crippen LogP contribution is 2.34. The van der Waals surface area contributed by atoms with Crippen LogP contribution in [0.3, 0.4) is 0 Å². The van der Waals surface area contributed by atoms with Gasteiger partial charge < -0.3 is 0 Å². The SMILES string of the molecule is C=C(Sc1cc(C)c(C)cc1C)/C(C)=C/C(=C\C)CCCCC(C)C. The number of rotatable bonds is 9. The van der Waals surface area contributed by atoms with Crippen LogP contribution in [0.25, 0.3) is 0 Å². The van der Waals surface area contributed by atoms with E-state index in [0.717, 1.165) is 10.8 Å². The third-order valence-electron chi connectivity index (χ3n) is 4.73. The summed E-state index contributed by atoms with van der Waals surface area (Å²) in [5.41, 5.74) is 6.75. The van der Waals surface area contributed by atoms with Gasteiger partial charge in [-0.1, -0.05) is 68.8 Å². The van der Waals surface area contributed by atoms with Crippen LogP contribution in [0.1, 0.15) is 70.1 Å². The molecule has 0 aliphatic carbocycles. The van der Waals surface area contributed by atoms with Crippen molar-refractivity contribution < 1.29 is 0 Å². The number of aryl methyl sites for hydroxylation is 3. The molecule has 1 heteroatoms. The van der Waals surface area contributed by atoms with E-state index in [2.05, 4.69) is 79.3 Å². The predicted octanol–water partition coefficient (Wildman–Crippen LogP) is 8.33. The first kappa shape index (κ1) is 21.8. The van der Waals surface area contributed by atoms with Crippen molar-refractivity contribution in [3.05, 3.63) is 63.6 Å². The summed E-state index contributed by atoms with van der Waals surface area (Å²) in [6.45, 7) is 19.8. The summed E-state index contributed by atoms with van der Waals surface area (Å²) in [4.78, 5) is 2.47. The summed E-state index contributed by atoms with van der Waals surface area (Å²) in [6.07, 6.45) is 9.66. The molecule has 0 aromatic heterocycles. The molecular weight excluding hydrogens is 320 g/mol. The van der Waals surface area contributed by atoms with Crippen molar-refractivity contribution in [3.8, 4) is 0 Å². The molecular formula is C24H36S. The van der Waals surface area contributed by atoms with Gasteiger partial charge in [0.1, 0.15) is 0 Å². The lowest BCUT2D eigenvalue weighted by atomic mass is 10.0. The first-order valence-corrected chi connectivity index (χ1v) is 10.3. The fraction of sp³-hybridized carbons (Fsp3) is 0.500. The Bertz CT molecular complexity index is 644. The minimum Gasteiger partial charge on any atom is -0.0902 e. The molecule has 0 spiro atoms. The summed E-state index contributed by atoms with van der Waals surface area (Å²) < 4.78 is 0. The Morgan fingerprint density at radius 1 is 1.08 bits per heavy atom. The van der Waals surface area contributed by atoms with Crippen molar-refractivity contribution in [1.82, 2.24) is 0 Å². The highest BCUT2D eigenvalue weighted by Gasteiger charge is 2.07. The van der Waals surface area contributed by atoms with Crippen molar-refractivity contribution in [1.29, 1.82) is 0 Å². The van der Waals surface area contributed by atoms with Gasteiger partial charge in [-0.25, -0.2) is 0 Å². The lowest BCUT2D eigenvalue weighted by molar-refractivity contribution is 0.538. The van der Waals surface area contributed by atoms with Crippen LogP contribution in [0.4, 0.5) is 0 Å². The van der Waals surface area contributed by atoms with E-state index < -0.39 is 0 Å². The molecule has 0 radical (unpaired) electrons. The Hall–Kier alpha value is -1.21. The number of hydrogen-bond acceptors (Lipinski definition) is 1. The Labute approximate surface area is 160 Å². The molecule has 0 bridgehead atoms. The van der Waals surface area contributed by atoms with Crippen LogP contribution in [0, 0.1) is 26.7 Å². The first-order valence-electron chi connectivity index (χ1n) is 9.53. The fourth-order valence-corrected chi connectivity index (χ4v) is 3.74. The summed E-state index contributed by atoms with van der Waals surface area (Å²) in [6, 6.07) is 4.56. The number of allylic oxidation sites excluding steroid dienone is 4. The van der Waals surface area contributed by atoms with Crippen LogP contribution < -0.4 is 0 Å². The van der Waals surface area contributed by atoms with E-state index in [4.69, 9.17) is 0 Å². The summed E-state index contributed by atoms with van der Waals surface area (Å²) in [5.74, 6) is 0.809. The second-order valence-electron chi connectivity index (χ2n) is 7.56. The highest BCUT2D eigenvalue weighted by atomic mass is 32.2. The predicted molar refractivity (Wildman–Crippen MR) is 116 cm³/mol. The lowest BCUT2D eigenvalue weighted by Gasteiger charge is -2.12. The van der Waals surface area contributed by atoms with Crippen molar-refractivity contribution >= 4 is 11.8 Å². The lowest BCUT2D eigenvalue weighted by Crippen LogP contribution is -1.90. The molecule has 0 unspecified atom stereocenters. The van der Waals surface area contributed by atoms with Crippen molar-refractivity contribution in [2.75, 3.05) is 0 Å². The average molecular weight is 357 g/mol. The van der Waals surface area contributed by atoms with Gasteiger partial charge in [0, 0.05) is 9.80 Å². The molecule has 1 aromatic rings. The molecule has 1 aromatic carbocycles. The Morgan fingerprint density at radius 2 is 1.72 bits per heavy atom. The van der Waals surface area contributed by atoms with E-state index in [9.17, 15) is 0 Å². The quantitative estimate of drug-likeness (QED) is 0.243. The van der Waals surface area contributed by atoms with Crippen LogP contribution in [-0.4, -0.2) is 0 Å². The Balaban J connectivity index is 2.70. The maximum absolute atomic E-state index is 4.32. The van der Waals surface area contributed by atoms with Crippen LogP contribution in [0.15, 0.2) is 51.8 Å². The van der Waals surface area contributed by atoms with Crippen LogP contribution in [-0.2, 0) is 0 Å². The molecule has 0 aliphatic heterocycles. The Morgan fingerprint density at radius 3 is 2.32 bits per heavy atom. The van der Waals surface area contributed by atoms with Gasteiger partial charge in [-0.3, -0.25) is 0 Å². The smallest absolute Gasteiger partial charge is 0.0154 e. The monoisotopic (exact) mass is 356 g/mol. The molecule has 0 saturated heterocycles. The van der Waals surface area contributed by atoms with Gasteiger partial charge in [0.2, 0.25) is 0 Å². The normalized spacial score (nSPS) is 12.8. The van der Waals surface area contributed by atoms with Crippen LogP contribution in [0.2, 0.25) is 0 Å². The van der Waals surface area contributed by atoms with E-state index in [1.54, 1.807) is 11.8 Å². The highest BCUT2D eigenvalue weighted by molar-refractivity contribution is 8.03. The second kappa shape index (κ2) is 10.7. The van der Waals surface area contributed by atoms with Gasteiger partial charge in [-0.05, 0) is 81.7 Å².